The fourth-order valence-electron chi connectivity index (χ4n) is 10.3. The highest BCUT2D eigenvalue weighted by Crippen LogP contribution is 2.38. The Morgan fingerprint density at radius 3 is 2.29 bits per heavy atom. The van der Waals surface area contributed by atoms with Crippen molar-refractivity contribution >= 4 is 64.0 Å². The van der Waals surface area contributed by atoms with Gasteiger partial charge >= 0.3 is 6.18 Å². The molecule has 3 atom stereocenters. The lowest BCUT2D eigenvalue weighted by Gasteiger charge is -2.44. The number of nitrogens with one attached hydrogen (secondary N) is 4. The Bertz CT molecular complexity index is 3000. The number of fused-ring (bicyclic) bond motifs is 1. The first-order chi connectivity index (χ1) is 36.3. The van der Waals surface area contributed by atoms with Crippen molar-refractivity contribution in [2.24, 2.45) is 0 Å². The number of anilines is 4. The monoisotopic (exact) mass is 1050 g/mol. The summed E-state index contributed by atoms with van der Waals surface area (Å²) < 4.78 is 63.9. The van der Waals surface area contributed by atoms with E-state index in [1.807, 2.05) is 36.8 Å². The number of likely N-dealkylation sites (N-methyl/N-ethyl adjacent to an activating group) is 1. The number of imide groups is 2. The predicted octanol–water partition coefficient (Wildman–Crippen LogP) is 3.96. The first-order valence-electron chi connectivity index (χ1n) is 25.2. The number of hydrogen-bond acceptors (Lipinski definition) is 15. The van der Waals surface area contributed by atoms with Gasteiger partial charge in [0.15, 0.2) is 0 Å². The predicted molar refractivity (Wildman–Crippen MR) is 271 cm³/mol. The molecule has 5 aliphatic heterocycles. The molecule has 0 aliphatic carbocycles. The van der Waals surface area contributed by atoms with Crippen LogP contribution in [0, 0.1) is 5.82 Å². The van der Waals surface area contributed by atoms with Gasteiger partial charge in [0.05, 0.1) is 53.3 Å². The van der Waals surface area contributed by atoms with E-state index in [1.54, 1.807) is 29.4 Å². The zero-order valence-corrected chi connectivity index (χ0v) is 42.2. The highest BCUT2D eigenvalue weighted by Gasteiger charge is 2.46. The second kappa shape index (κ2) is 22.3. The topological polar surface area (TPSA) is 226 Å². The Labute approximate surface area is 434 Å². The fourth-order valence-corrected chi connectivity index (χ4v) is 10.3. The lowest BCUT2D eigenvalue weighted by molar-refractivity contribution is -0.138. The summed E-state index contributed by atoms with van der Waals surface area (Å²) in [5, 5.41) is 7.93. The first-order valence-corrected chi connectivity index (χ1v) is 25.2. The molecule has 76 heavy (non-hydrogen) atoms. The van der Waals surface area contributed by atoms with Crippen LogP contribution < -0.4 is 31.3 Å². The molecule has 4 aromatic rings. The molecule has 20 nitrogen and oxygen atoms in total. The van der Waals surface area contributed by atoms with Crippen molar-refractivity contribution in [3.05, 3.63) is 111 Å². The van der Waals surface area contributed by atoms with Crippen molar-refractivity contribution in [1.82, 2.24) is 39.9 Å². The summed E-state index contributed by atoms with van der Waals surface area (Å²) in [4.78, 5) is 111. The van der Waals surface area contributed by atoms with Gasteiger partial charge in [0.1, 0.15) is 11.9 Å². The van der Waals surface area contributed by atoms with Gasteiger partial charge in [0.2, 0.25) is 29.2 Å². The largest absolute Gasteiger partial charge is 0.417 e. The van der Waals surface area contributed by atoms with Crippen molar-refractivity contribution in [3.8, 4) is 0 Å². The summed E-state index contributed by atoms with van der Waals surface area (Å²) in [6.45, 7) is 9.34. The van der Waals surface area contributed by atoms with E-state index in [9.17, 15) is 46.7 Å². The minimum absolute atomic E-state index is 0.0252. The summed E-state index contributed by atoms with van der Waals surface area (Å²) in [5.41, 5.74) is -0.268. The average Bonchev–Trinajstić information content (AvgIpc) is 3.65. The Kier molecular flexibility index (Phi) is 15.7. The molecule has 6 amide bonds. The summed E-state index contributed by atoms with van der Waals surface area (Å²) in [7, 11) is 1.98. The Morgan fingerprint density at radius 1 is 0.868 bits per heavy atom. The summed E-state index contributed by atoms with van der Waals surface area (Å²) >= 11 is 0. The first kappa shape index (κ1) is 53.3. The van der Waals surface area contributed by atoms with Crippen LogP contribution in [0.25, 0.3) is 5.57 Å². The number of piperidine rings is 1. The van der Waals surface area contributed by atoms with Gasteiger partial charge in [-0.1, -0.05) is 12.1 Å². The van der Waals surface area contributed by atoms with Crippen molar-refractivity contribution in [1.29, 1.82) is 0 Å². The molecule has 3 fully saturated rings. The van der Waals surface area contributed by atoms with Gasteiger partial charge in [0, 0.05) is 125 Å². The molecule has 5 aliphatic rings. The number of ether oxygens (including phenoxy) is 1. The maximum absolute atomic E-state index is 16.2. The van der Waals surface area contributed by atoms with Gasteiger partial charge in [-0.2, -0.15) is 13.2 Å². The van der Waals surface area contributed by atoms with Crippen molar-refractivity contribution in [3.63, 3.8) is 0 Å². The van der Waals surface area contributed by atoms with E-state index in [4.69, 9.17) is 4.74 Å². The Morgan fingerprint density at radius 2 is 1.61 bits per heavy atom. The van der Waals surface area contributed by atoms with Crippen LogP contribution >= 0.6 is 0 Å². The SMILES string of the molecule is C[C@@H]1CN(c2cc(F)c(C3=CCN(c4ncc(CN5CCN(C(=O)CCOCCNc6cccc7c6C(=O)N(C6CCC(=O)NC6=O)C7=O)CC5)cn4)CC3)cc2NC(=O)c2c[nH]c(=O)cc2C(F)(F)F)C[C@H](C)N1C. The van der Waals surface area contributed by atoms with E-state index in [0.29, 0.717) is 94.3 Å². The van der Waals surface area contributed by atoms with Crippen LogP contribution in [0.4, 0.5) is 40.6 Å². The molecular weight excluding hydrogens is 997 g/mol. The standard InChI is InChI=1S/C52H58F4N12O8/c1-30-27-67(28-31(2)63(30)3)42-23-38(53)35(21-40(42)61-47(72)36-26-58-44(70)22-37(36)52(54,55)56)33-9-13-66(14-10-33)51-59-24-32(25-60-51)29-64-15-17-65(18-16-64)45(71)11-19-76-20-12-57-39-6-4-5-34-46(39)50(75)68(49(34)74)41-7-8-43(69)62-48(41)73/h4-6,9,21-26,30-31,41,57H,7-8,10-20,27-29H2,1-3H3,(H,58,70)(H,61,72)(H,62,69,73)/t30-,31+,41?. The minimum atomic E-state index is -4.98. The molecule has 2 aromatic carbocycles. The fraction of sp³-hybridized carbons (Fsp3) is 0.442. The van der Waals surface area contributed by atoms with Crippen LogP contribution in [0.15, 0.2) is 65.9 Å². The van der Waals surface area contributed by atoms with Gasteiger partial charge in [-0.3, -0.25) is 53.6 Å². The zero-order valence-electron chi connectivity index (χ0n) is 42.2. The number of H-pyrrole nitrogens is 1. The molecular formula is C52H58F4N12O8. The maximum Gasteiger partial charge on any atom is 0.417 e. The molecule has 0 radical (unpaired) electrons. The number of amides is 6. The number of piperazine rings is 2. The second-order valence-electron chi connectivity index (χ2n) is 19.6. The number of aromatic nitrogens is 3. The number of rotatable bonds is 15. The maximum atomic E-state index is 16.2. The molecule has 2 aromatic heterocycles. The molecule has 7 heterocycles. The third-order valence-corrected chi connectivity index (χ3v) is 14.7. The lowest BCUT2D eigenvalue weighted by atomic mass is 9.97. The number of aromatic amines is 1. The number of benzene rings is 2. The summed E-state index contributed by atoms with van der Waals surface area (Å²) in [5.74, 6) is -3.55. The van der Waals surface area contributed by atoms with Gasteiger partial charge in [-0.15, -0.1) is 0 Å². The summed E-state index contributed by atoms with van der Waals surface area (Å²) in [6, 6.07) is 6.97. The van der Waals surface area contributed by atoms with E-state index in [0.717, 1.165) is 16.7 Å². The minimum Gasteiger partial charge on any atom is -0.382 e. The van der Waals surface area contributed by atoms with Gasteiger partial charge in [0.25, 0.3) is 17.7 Å². The highest BCUT2D eigenvalue weighted by atomic mass is 19.4. The van der Waals surface area contributed by atoms with Gasteiger partial charge < -0.3 is 35.1 Å². The van der Waals surface area contributed by atoms with Crippen LogP contribution in [0.1, 0.15) is 87.3 Å². The summed E-state index contributed by atoms with van der Waals surface area (Å²) in [6.07, 6.45) is 1.74. The molecule has 0 spiro atoms. The number of pyridine rings is 1. The molecule has 9 rings (SSSR count). The number of carbonyl (C=O) groups excluding carboxylic acids is 6. The van der Waals surface area contributed by atoms with Crippen molar-refractivity contribution in [2.75, 3.05) is 99.6 Å². The van der Waals surface area contributed by atoms with Crippen LogP contribution in [-0.4, -0.2) is 167 Å². The van der Waals surface area contributed by atoms with Crippen LogP contribution in [0.2, 0.25) is 0 Å². The molecule has 24 heteroatoms. The lowest BCUT2D eigenvalue weighted by Crippen LogP contribution is -2.55. The quantitative estimate of drug-likeness (QED) is 0.0751. The van der Waals surface area contributed by atoms with E-state index >= 15 is 4.39 Å². The molecule has 3 saturated heterocycles. The third kappa shape index (κ3) is 11.5. The van der Waals surface area contributed by atoms with Gasteiger partial charge in [-0.05, 0) is 63.6 Å². The van der Waals surface area contributed by atoms with E-state index in [1.165, 1.54) is 18.2 Å². The Balaban J connectivity index is 0.740. The normalized spacial score (nSPS) is 20.7. The van der Waals surface area contributed by atoms with Gasteiger partial charge in [-0.25, -0.2) is 14.4 Å². The van der Waals surface area contributed by atoms with Crippen molar-refractivity contribution in [2.45, 2.75) is 70.4 Å². The molecule has 0 saturated carbocycles. The highest BCUT2D eigenvalue weighted by molar-refractivity contribution is 6.25. The molecule has 1 unspecified atom stereocenters. The van der Waals surface area contributed by atoms with Crippen LogP contribution in [-0.2, 0) is 31.8 Å². The van der Waals surface area contributed by atoms with Crippen LogP contribution in [0.5, 0.6) is 0 Å². The molecule has 0 bridgehead atoms. The van der Waals surface area contributed by atoms with Crippen molar-refractivity contribution < 1.29 is 51.1 Å². The number of carbonyl (C=O) groups is 6. The second-order valence-corrected chi connectivity index (χ2v) is 19.6. The number of alkyl halides is 3. The smallest absolute Gasteiger partial charge is 0.382 e. The van der Waals surface area contributed by atoms with E-state index < -0.39 is 64.3 Å². The molecule has 402 valence electrons. The number of hydrogen-bond donors (Lipinski definition) is 4. The Hall–Kier alpha value is -7.57. The third-order valence-electron chi connectivity index (χ3n) is 14.7. The number of nitrogens with zero attached hydrogens (tertiary/aromatic N) is 8. The van der Waals surface area contributed by atoms with E-state index in [2.05, 4.69) is 40.7 Å². The van der Waals surface area contributed by atoms with E-state index in [-0.39, 0.29) is 79.4 Å². The molecule has 4 N–H and O–H groups in total. The zero-order chi connectivity index (χ0) is 54.0. The van der Waals surface area contributed by atoms with Crippen LogP contribution in [0.3, 0.4) is 0 Å². The average molecular weight is 1060 g/mol. The number of halogens is 4.